The van der Waals surface area contributed by atoms with Gasteiger partial charge in [-0.25, -0.2) is 4.79 Å². The van der Waals surface area contributed by atoms with Gasteiger partial charge in [0.2, 0.25) is 5.91 Å². The molecule has 7 nitrogen and oxygen atoms in total. The quantitative estimate of drug-likeness (QED) is 0.603. The molecular weight excluding hydrogens is 362 g/mol. The van der Waals surface area contributed by atoms with E-state index in [1.165, 1.54) is 0 Å². The van der Waals surface area contributed by atoms with Crippen LogP contribution in [0.2, 0.25) is 0 Å². The molecule has 1 aromatic carbocycles. The predicted molar refractivity (Wildman–Crippen MR) is 105 cm³/mol. The minimum absolute atomic E-state index is 0.0579. The number of hydrogen-bond acceptors (Lipinski definition) is 6. The molecule has 1 aliphatic rings. The van der Waals surface area contributed by atoms with Gasteiger partial charge in [0, 0.05) is 25.3 Å². The molecule has 2 aromatic rings. The largest absolute Gasteiger partial charge is 0.496 e. The van der Waals surface area contributed by atoms with Crippen molar-refractivity contribution in [3.05, 3.63) is 33.2 Å². The van der Waals surface area contributed by atoms with Crippen molar-refractivity contribution >= 4 is 16.9 Å². The second-order valence-electron chi connectivity index (χ2n) is 7.63. The first-order valence-corrected chi connectivity index (χ1v) is 9.38. The maximum absolute atomic E-state index is 12.7. The molecule has 28 heavy (non-hydrogen) atoms. The number of amides is 1. The molecule has 1 aromatic heterocycles. The Morgan fingerprint density at radius 3 is 2.75 bits per heavy atom. The lowest BCUT2D eigenvalue weighted by atomic mass is 9.91. The third kappa shape index (κ3) is 3.85. The van der Waals surface area contributed by atoms with Crippen LogP contribution >= 0.6 is 0 Å². The Labute approximate surface area is 164 Å². The molecule has 0 unspecified atom stereocenters. The van der Waals surface area contributed by atoms with Crippen LogP contribution in [0, 0.1) is 6.92 Å². The molecule has 0 bridgehead atoms. The van der Waals surface area contributed by atoms with Gasteiger partial charge in [0.25, 0.3) is 0 Å². The van der Waals surface area contributed by atoms with E-state index in [2.05, 4.69) is 5.32 Å². The highest BCUT2D eigenvalue weighted by atomic mass is 16.5. The minimum atomic E-state index is -0.507. The van der Waals surface area contributed by atoms with Crippen LogP contribution < -0.4 is 20.4 Å². The van der Waals surface area contributed by atoms with Crippen LogP contribution in [0.1, 0.15) is 37.0 Å². The Morgan fingerprint density at radius 1 is 1.32 bits per heavy atom. The number of carbonyl (C=O) groups is 1. The van der Waals surface area contributed by atoms with Gasteiger partial charge in [-0.05, 0) is 39.2 Å². The van der Waals surface area contributed by atoms with Gasteiger partial charge in [0.1, 0.15) is 22.7 Å². The highest BCUT2D eigenvalue weighted by molar-refractivity contribution is 5.93. The lowest BCUT2D eigenvalue weighted by molar-refractivity contribution is -0.120. The SMILES string of the molecule is COCCNC(=O)Cc1c(C)c2c(OC)cc3c(c2oc1=O)CCC(C)(C)O3. The summed E-state index contributed by atoms with van der Waals surface area (Å²) in [4.78, 5) is 24.9. The molecule has 0 atom stereocenters. The van der Waals surface area contributed by atoms with Crippen LogP contribution in [0.15, 0.2) is 15.3 Å². The lowest BCUT2D eigenvalue weighted by Crippen LogP contribution is -2.33. The smallest absolute Gasteiger partial charge is 0.340 e. The topological polar surface area (TPSA) is 87.0 Å². The van der Waals surface area contributed by atoms with E-state index < -0.39 is 5.63 Å². The number of hydrogen-bond donors (Lipinski definition) is 1. The van der Waals surface area contributed by atoms with Gasteiger partial charge >= 0.3 is 5.63 Å². The van der Waals surface area contributed by atoms with Crippen LogP contribution in [0.4, 0.5) is 0 Å². The number of fused-ring (bicyclic) bond motifs is 3. The minimum Gasteiger partial charge on any atom is -0.496 e. The highest BCUT2D eigenvalue weighted by Crippen LogP contribution is 2.43. The molecule has 0 radical (unpaired) electrons. The van der Waals surface area contributed by atoms with Crippen molar-refractivity contribution in [3.63, 3.8) is 0 Å². The van der Waals surface area contributed by atoms with E-state index in [0.717, 1.165) is 18.4 Å². The fraction of sp³-hybridized carbons (Fsp3) is 0.524. The van der Waals surface area contributed by atoms with Crippen molar-refractivity contribution in [1.29, 1.82) is 0 Å². The van der Waals surface area contributed by atoms with E-state index in [4.69, 9.17) is 18.6 Å². The normalized spacial score (nSPS) is 15.0. The van der Waals surface area contributed by atoms with Crippen LogP contribution in [0.5, 0.6) is 11.5 Å². The van der Waals surface area contributed by atoms with Gasteiger partial charge in [-0.3, -0.25) is 4.79 Å². The van der Waals surface area contributed by atoms with Crippen molar-refractivity contribution in [1.82, 2.24) is 5.32 Å². The van der Waals surface area contributed by atoms with E-state index in [-0.39, 0.29) is 17.9 Å². The summed E-state index contributed by atoms with van der Waals surface area (Å²) in [5, 5.41) is 3.44. The maximum Gasteiger partial charge on any atom is 0.340 e. The fourth-order valence-corrected chi connectivity index (χ4v) is 3.56. The Balaban J connectivity index is 2.08. The Kier molecular flexibility index (Phi) is 5.65. The van der Waals surface area contributed by atoms with Crippen molar-refractivity contribution in [2.45, 2.75) is 45.6 Å². The molecule has 1 N–H and O–H groups in total. The predicted octanol–water partition coefficient (Wildman–Crippen LogP) is 2.52. The standard InChI is InChI=1S/C21H27NO6/c1-12-14(10-17(23)22-8-9-25-4)20(24)27-19-13-6-7-21(2,3)28-15(13)11-16(26-5)18(12)19/h11H,6-10H2,1-5H3,(H,22,23). The highest BCUT2D eigenvalue weighted by Gasteiger charge is 2.31. The van der Waals surface area contributed by atoms with Gasteiger partial charge in [0.15, 0.2) is 0 Å². The van der Waals surface area contributed by atoms with Gasteiger partial charge in [-0.2, -0.15) is 0 Å². The van der Waals surface area contributed by atoms with Crippen molar-refractivity contribution in [3.8, 4) is 11.5 Å². The number of ether oxygens (including phenoxy) is 3. The summed E-state index contributed by atoms with van der Waals surface area (Å²) in [7, 11) is 3.13. The number of benzene rings is 1. The number of nitrogens with one attached hydrogen (secondary N) is 1. The van der Waals surface area contributed by atoms with Gasteiger partial charge in [-0.15, -0.1) is 0 Å². The molecule has 2 heterocycles. The molecule has 0 saturated carbocycles. The molecule has 1 aliphatic heterocycles. The second kappa shape index (κ2) is 7.83. The summed E-state index contributed by atoms with van der Waals surface area (Å²) < 4.78 is 22.3. The number of carbonyl (C=O) groups excluding carboxylic acids is 1. The van der Waals surface area contributed by atoms with Crippen LogP contribution in [0.3, 0.4) is 0 Å². The summed E-state index contributed by atoms with van der Waals surface area (Å²) in [6, 6.07) is 1.84. The van der Waals surface area contributed by atoms with E-state index in [9.17, 15) is 9.59 Å². The van der Waals surface area contributed by atoms with Gasteiger partial charge in [0.05, 0.1) is 31.1 Å². The van der Waals surface area contributed by atoms with Crippen molar-refractivity contribution in [2.75, 3.05) is 27.4 Å². The first kappa shape index (κ1) is 20.2. The first-order valence-electron chi connectivity index (χ1n) is 9.38. The summed E-state index contributed by atoms with van der Waals surface area (Å²) in [6.07, 6.45) is 1.49. The van der Waals surface area contributed by atoms with E-state index in [0.29, 0.717) is 46.7 Å². The molecule has 7 heteroatoms. The van der Waals surface area contributed by atoms with Crippen LogP contribution in [0.25, 0.3) is 11.0 Å². The second-order valence-corrected chi connectivity index (χ2v) is 7.63. The average Bonchev–Trinajstić information content (AvgIpc) is 2.63. The maximum atomic E-state index is 12.7. The molecule has 1 amide bonds. The van der Waals surface area contributed by atoms with Crippen LogP contribution in [-0.2, 0) is 22.4 Å². The van der Waals surface area contributed by atoms with Crippen LogP contribution in [-0.4, -0.2) is 38.9 Å². The van der Waals surface area contributed by atoms with Gasteiger partial charge in [-0.1, -0.05) is 0 Å². The fourth-order valence-electron chi connectivity index (χ4n) is 3.56. The number of rotatable bonds is 6. The van der Waals surface area contributed by atoms with E-state index >= 15 is 0 Å². The third-order valence-electron chi connectivity index (χ3n) is 5.12. The molecule has 0 fully saturated rings. The number of methoxy groups -OCH3 is 2. The van der Waals surface area contributed by atoms with Crippen molar-refractivity contribution < 1.29 is 23.4 Å². The summed E-state index contributed by atoms with van der Waals surface area (Å²) in [5.41, 5.74) is 1.58. The summed E-state index contributed by atoms with van der Waals surface area (Å²) in [6.45, 7) is 6.67. The molecule has 0 spiro atoms. The molecule has 3 rings (SSSR count). The Hall–Kier alpha value is -2.54. The number of aryl methyl sites for hydroxylation is 2. The molecular formula is C21H27NO6. The Morgan fingerprint density at radius 2 is 2.07 bits per heavy atom. The van der Waals surface area contributed by atoms with E-state index in [1.807, 2.05) is 26.8 Å². The monoisotopic (exact) mass is 389 g/mol. The molecule has 0 aliphatic carbocycles. The van der Waals surface area contributed by atoms with Crippen molar-refractivity contribution in [2.24, 2.45) is 0 Å². The van der Waals surface area contributed by atoms with Gasteiger partial charge < -0.3 is 23.9 Å². The first-order chi connectivity index (χ1) is 13.3. The lowest BCUT2D eigenvalue weighted by Gasteiger charge is -2.33. The Bertz CT molecular complexity index is 960. The molecule has 0 saturated heterocycles. The zero-order valence-electron chi connectivity index (χ0n) is 17.1. The zero-order valence-corrected chi connectivity index (χ0v) is 17.1. The third-order valence-corrected chi connectivity index (χ3v) is 5.12. The molecule has 152 valence electrons. The average molecular weight is 389 g/mol. The summed E-state index contributed by atoms with van der Waals surface area (Å²) >= 11 is 0. The summed E-state index contributed by atoms with van der Waals surface area (Å²) in [5.74, 6) is 0.982. The zero-order chi connectivity index (χ0) is 20.5. The van der Waals surface area contributed by atoms with E-state index in [1.54, 1.807) is 14.2 Å².